The van der Waals surface area contributed by atoms with Crippen LogP contribution in [-0.2, 0) is 0 Å². The Morgan fingerprint density at radius 3 is 2.93 bits per heavy atom. The van der Waals surface area contributed by atoms with Gasteiger partial charge in [0.2, 0.25) is 0 Å². The molecule has 0 radical (unpaired) electrons. The zero-order valence-electron chi connectivity index (χ0n) is 8.24. The molecule has 1 aromatic heterocycles. The van der Waals surface area contributed by atoms with Gasteiger partial charge in [-0.15, -0.1) is 11.3 Å². The molecule has 1 saturated heterocycles. The number of rotatable bonds is 1. The maximum Gasteiger partial charge on any atom is 0.186 e. The summed E-state index contributed by atoms with van der Waals surface area (Å²) >= 11 is 5.11. The van der Waals surface area contributed by atoms with Crippen LogP contribution in [0.2, 0.25) is 0 Å². The third-order valence-electron chi connectivity index (χ3n) is 2.45. The minimum absolute atomic E-state index is 0.954. The lowest BCUT2D eigenvalue weighted by Crippen LogP contribution is -2.28. The van der Waals surface area contributed by atoms with Crippen LogP contribution in [0.15, 0.2) is 9.98 Å². The Labute approximate surface area is 96.9 Å². The second-order valence-corrected chi connectivity index (χ2v) is 5.25. The van der Waals surface area contributed by atoms with Gasteiger partial charge in [-0.25, -0.2) is 4.98 Å². The molecule has 0 unspecified atom stereocenters. The average Bonchev–Trinajstić information content (AvgIpc) is 2.46. The van der Waals surface area contributed by atoms with E-state index < -0.39 is 0 Å². The van der Waals surface area contributed by atoms with Gasteiger partial charge in [0.1, 0.15) is 4.60 Å². The van der Waals surface area contributed by atoms with Gasteiger partial charge in [-0.1, -0.05) is 0 Å². The van der Waals surface area contributed by atoms with E-state index in [9.17, 15) is 0 Å². The van der Waals surface area contributed by atoms with Crippen LogP contribution in [0, 0.1) is 0 Å². The molecule has 1 aliphatic rings. The van der Waals surface area contributed by atoms with Gasteiger partial charge < -0.3 is 9.80 Å². The number of aromatic nitrogens is 1. The Morgan fingerprint density at radius 2 is 2.21 bits per heavy atom. The molecule has 14 heavy (non-hydrogen) atoms. The van der Waals surface area contributed by atoms with E-state index in [1.807, 2.05) is 5.38 Å². The second-order valence-electron chi connectivity index (χ2n) is 3.60. The summed E-state index contributed by atoms with van der Waals surface area (Å²) in [6, 6.07) is 0. The molecule has 2 heterocycles. The number of hydrogen-bond acceptors (Lipinski definition) is 4. The van der Waals surface area contributed by atoms with Gasteiger partial charge in [-0.3, -0.25) is 0 Å². The highest BCUT2D eigenvalue weighted by atomic mass is 79.9. The number of anilines is 1. The van der Waals surface area contributed by atoms with Crippen molar-refractivity contribution in [2.75, 3.05) is 38.1 Å². The summed E-state index contributed by atoms with van der Waals surface area (Å²) in [4.78, 5) is 9.20. The lowest BCUT2D eigenvalue weighted by molar-refractivity contribution is 0.360. The van der Waals surface area contributed by atoms with Crippen molar-refractivity contribution in [1.29, 1.82) is 0 Å². The highest BCUT2D eigenvalue weighted by molar-refractivity contribution is 9.10. The molecule has 2 rings (SSSR count). The van der Waals surface area contributed by atoms with Crippen molar-refractivity contribution in [2.24, 2.45) is 0 Å². The monoisotopic (exact) mass is 275 g/mol. The summed E-state index contributed by atoms with van der Waals surface area (Å²) in [7, 11) is 2.18. The summed E-state index contributed by atoms with van der Waals surface area (Å²) in [5.74, 6) is 0. The second kappa shape index (κ2) is 4.59. The van der Waals surface area contributed by atoms with Gasteiger partial charge in [-0.2, -0.15) is 0 Å². The van der Waals surface area contributed by atoms with Crippen molar-refractivity contribution < 1.29 is 0 Å². The number of hydrogen-bond donors (Lipinski definition) is 0. The first-order valence-corrected chi connectivity index (χ1v) is 6.47. The Hall–Kier alpha value is -0.130. The zero-order chi connectivity index (χ0) is 9.97. The molecule has 1 fully saturated rings. The molecule has 0 amide bonds. The van der Waals surface area contributed by atoms with Crippen LogP contribution >= 0.6 is 27.3 Å². The number of thiazole rings is 1. The van der Waals surface area contributed by atoms with Crippen molar-refractivity contribution in [1.82, 2.24) is 9.88 Å². The minimum atomic E-state index is 0.954. The standard InChI is InChI=1S/C9H14BrN3S/c1-12-3-2-4-13(6-5-12)9-11-8(10)7-14-9/h7H,2-6H2,1H3. The first-order chi connectivity index (χ1) is 6.75. The van der Waals surface area contributed by atoms with Crippen LogP contribution in [0.1, 0.15) is 6.42 Å². The van der Waals surface area contributed by atoms with E-state index in [1.165, 1.54) is 13.0 Å². The third-order valence-corrected chi connectivity index (χ3v) is 4.06. The molecule has 1 aromatic rings. The fourth-order valence-corrected chi connectivity index (χ4v) is 2.93. The van der Waals surface area contributed by atoms with E-state index in [-0.39, 0.29) is 0 Å². The topological polar surface area (TPSA) is 19.4 Å². The summed E-state index contributed by atoms with van der Waals surface area (Å²) < 4.78 is 0.954. The molecule has 0 N–H and O–H groups in total. The predicted molar refractivity (Wildman–Crippen MR) is 64.1 cm³/mol. The molecule has 5 heteroatoms. The molecule has 0 bridgehead atoms. The maximum absolute atomic E-state index is 4.44. The van der Waals surface area contributed by atoms with E-state index in [1.54, 1.807) is 11.3 Å². The van der Waals surface area contributed by atoms with Crippen molar-refractivity contribution >= 4 is 32.4 Å². The molecule has 0 aromatic carbocycles. The molecular formula is C9H14BrN3S. The van der Waals surface area contributed by atoms with Crippen molar-refractivity contribution in [3.05, 3.63) is 9.98 Å². The average molecular weight is 276 g/mol. The summed E-state index contributed by atoms with van der Waals surface area (Å²) in [6.07, 6.45) is 1.23. The zero-order valence-corrected chi connectivity index (χ0v) is 10.6. The van der Waals surface area contributed by atoms with Gasteiger partial charge in [0.05, 0.1) is 0 Å². The molecule has 0 saturated carbocycles. The van der Waals surface area contributed by atoms with Crippen LogP contribution in [0.5, 0.6) is 0 Å². The van der Waals surface area contributed by atoms with Crippen molar-refractivity contribution in [3.8, 4) is 0 Å². The summed E-state index contributed by atoms with van der Waals surface area (Å²) in [5, 5.41) is 3.19. The maximum atomic E-state index is 4.44. The minimum Gasteiger partial charge on any atom is -0.347 e. The highest BCUT2D eigenvalue weighted by Gasteiger charge is 2.14. The number of halogens is 1. The van der Waals surface area contributed by atoms with E-state index >= 15 is 0 Å². The molecule has 78 valence electrons. The van der Waals surface area contributed by atoms with Gasteiger partial charge in [0.15, 0.2) is 5.13 Å². The first-order valence-electron chi connectivity index (χ1n) is 4.80. The summed E-state index contributed by atoms with van der Waals surface area (Å²) in [5.41, 5.74) is 0. The van der Waals surface area contributed by atoms with E-state index in [0.717, 1.165) is 29.4 Å². The largest absolute Gasteiger partial charge is 0.347 e. The fraction of sp³-hybridized carbons (Fsp3) is 0.667. The quantitative estimate of drug-likeness (QED) is 0.782. The van der Waals surface area contributed by atoms with E-state index in [4.69, 9.17) is 0 Å². The van der Waals surface area contributed by atoms with E-state index in [0.29, 0.717) is 0 Å². The van der Waals surface area contributed by atoms with Gasteiger partial charge in [0, 0.05) is 25.0 Å². The van der Waals surface area contributed by atoms with Crippen molar-refractivity contribution in [2.45, 2.75) is 6.42 Å². The number of nitrogens with zero attached hydrogens (tertiary/aromatic N) is 3. The molecule has 3 nitrogen and oxygen atoms in total. The lowest BCUT2D eigenvalue weighted by atomic mass is 10.4. The number of likely N-dealkylation sites (N-methyl/N-ethyl adjacent to an activating group) is 1. The predicted octanol–water partition coefficient (Wildman–Crippen LogP) is 2.05. The van der Waals surface area contributed by atoms with Crippen LogP contribution < -0.4 is 4.90 Å². The first kappa shape index (κ1) is 10.4. The SMILES string of the molecule is CN1CCCN(c2nc(Br)cs2)CC1. The fourth-order valence-electron chi connectivity index (χ4n) is 1.63. The Balaban J connectivity index is 2.04. The van der Waals surface area contributed by atoms with Crippen LogP contribution in [0.25, 0.3) is 0 Å². The van der Waals surface area contributed by atoms with E-state index in [2.05, 4.69) is 37.8 Å². The van der Waals surface area contributed by atoms with Crippen molar-refractivity contribution in [3.63, 3.8) is 0 Å². The smallest absolute Gasteiger partial charge is 0.186 e. The molecule has 0 spiro atoms. The van der Waals surface area contributed by atoms with Crippen LogP contribution in [0.4, 0.5) is 5.13 Å². The van der Waals surface area contributed by atoms with Gasteiger partial charge in [0.25, 0.3) is 0 Å². The van der Waals surface area contributed by atoms with Crippen LogP contribution in [0.3, 0.4) is 0 Å². The highest BCUT2D eigenvalue weighted by Crippen LogP contribution is 2.24. The molecule has 0 atom stereocenters. The Bertz CT molecular complexity index is 302. The van der Waals surface area contributed by atoms with Crippen LogP contribution in [-0.4, -0.2) is 43.1 Å². The third kappa shape index (κ3) is 2.46. The normalized spacial score (nSPS) is 19.7. The van der Waals surface area contributed by atoms with Gasteiger partial charge in [-0.05, 0) is 35.9 Å². The molecular weight excluding hydrogens is 262 g/mol. The Kier molecular flexibility index (Phi) is 3.41. The molecule has 0 aliphatic carbocycles. The van der Waals surface area contributed by atoms with Gasteiger partial charge >= 0.3 is 0 Å². The lowest BCUT2D eigenvalue weighted by Gasteiger charge is -2.18. The summed E-state index contributed by atoms with van der Waals surface area (Å²) in [6.45, 7) is 4.56. The molecule has 1 aliphatic heterocycles. The Morgan fingerprint density at radius 1 is 1.36 bits per heavy atom.